The maximum absolute atomic E-state index is 6.63. The minimum atomic E-state index is 0.0867. The molecule has 142 valence electrons. The number of hydrogen-bond acceptors (Lipinski definition) is 3. The third-order valence-corrected chi connectivity index (χ3v) is 7.36. The molecular formula is C23H34N2O. The van der Waals surface area contributed by atoms with E-state index in [0.717, 1.165) is 19.0 Å². The maximum atomic E-state index is 6.63. The first-order valence-corrected chi connectivity index (χ1v) is 11.1. The predicted molar refractivity (Wildman–Crippen MR) is 106 cm³/mol. The van der Waals surface area contributed by atoms with Crippen molar-refractivity contribution in [3.8, 4) is 5.75 Å². The van der Waals surface area contributed by atoms with Crippen molar-refractivity contribution in [2.24, 2.45) is 0 Å². The van der Waals surface area contributed by atoms with Crippen LogP contribution in [0.25, 0.3) is 0 Å². The summed E-state index contributed by atoms with van der Waals surface area (Å²) in [4.78, 5) is 5.38. The zero-order valence-electron chi connectivity index (χ0n) is 16.2. The number of nitrogens with zero attached hydrogens (tertiary/aromatic N) is 2. The van der Waals surface area contributed by atoms with Crippen LogP contribution in [-0.4, -0.2) is 47.6 Å². The van der Waals surface area contributed by atoms with E-state index in [1.807, 2.05) is 0 Å². The molecule has 4 aliphatic heterocycles. The summed E-state index contributed by atoms with van der Waals surface area (Å²) in [5, 5.41) is 0. The van der Waals surface area contributed by atoms with E-state index < -0.39 is 0 Å². The lowest BCUT2D eigenvalue weighted by Crippen LogP contribution is -2.39. The van der Waals surface area contributed by atoms with Gasteiger partial charge in [0.25, 0.3) is 0 Å². The fourth-order valence-electron chi connectivity index (χ4n) is 5.82. The molecule has 2 atom stereocenters. The van der Waals surface area contributed by atoms with Gasteiger partial charge in [-0.15, -0.1) is 0 Å². The van der Waals surface area contributed by atoms with Crippen LogP contribution < -0.4 is 4.74 Å². The Kier molecular flexibility index (Phi) is 4.70. The molecule has 1 aromatic rings. The molecule has 0 amide bonds. The van der Waals surface area contributed by atoms with Gasteiger partial charge in [-0.3, -0.25) is 4.90 Å². The summed E-state index contributed by atoms with van der Waals surface area (Å²) in [7, 11) is 0. The molecule has 4 heterocycles. The highest BCUT2D eigenvalue weighted by Gasteiger charge is 2.42. The molecular weight excluding hydrogens is 320 g/mol. The van der Waals surface area contributed by atoms with Gasteiger partial charge in [-0.25, -0.2) is 0 Å². The Hall–Kier alpha value is -1.06. The van der Waals surface area contributed by atoms with Gasteiger partial charge in [0.2, 0.25) is 0 Å². The number of benzene rings is 1. The minimum Gasteiger partial charge on any atom is -0.487 e. The molecule has 5 rings (SSSR count). The molecule has 3 saturated heterocycles. The number of rotatable bonds is 2. The first-order chi connectivity index (χ1) is 12.8. The monoisotopic (exact) mass is 354 g/mol. The number of piperidine rings is 2. The molecule has 3 fully saturated rings. The molecule has 3 heteroatoms. The Labute approximate surface area is 158 Å². The molecule has 26 heavy (non-hydrogen) atoms. The Bertz CT molecular complexity index is 621. The zero-order chi connectivity index (χ0) is 17.4. The fraction of sp³-hybridized carbons (Fsp3) is 0.739. The summed E-state index contributed by atoms with van der Waals surface area (Å²) in [5.74, 6) is 1.17. The van der Waals surface area contributed by atoms with Crippen LogP contribution in [0.3, 0.4) is 0 Å². The van der Waals surface area contributed by atoms with Crippen LogP contribution in [0.2, 0.25) is 0 Å². The van der Waals surface area contributed by atoms with Gasteiger partial charge < -0.3 is 9.64 Å². The number of likely N-dealkylation sites (tertiary alicyclic amines) is 1. The largest absolute Gasteiger partial charge is 0.487 e. The molecule has 0 aliphatic carbocycles. The Morgan fingerprint density at radius 3 is 2.73 bits per heavy atom. The van der Waals surface area contributed by atoms with Crippen LogP contribution in [0.1, 0.15) is 68.9 Å². The third kappa shape index (κ3) is 3.41. The van der Waals surface area contributed by atoms with Crippen molar-refractivity contribution in [1.29, 1.82) is 0 Å². The number of fused-ring (bicyclic) bond motifs is 2. The highest BCUT2D eigenvalue weighted by atomic mass is 16.5. The van der Waals surface area contributed by atoms with Gasteiger partial charge in [-0.2, -0.15) is 0 Å². The normalized spacial score (nSPS) is 32.7. The van der Waals surface area contributed by atoms with Crippen LogP contribution in [0.15, 0.2) is 18.2 Å². The second kappa shape index (κ2) is 7.16. The van der Waals surface area contributed by atoms with Crippen molar-refractivity contribution < 1.29 is 4.74 Å². The molecule has 0 aromatic heterocycles. The van der Waals surface area contributed by atoms with E-state index in [4.69, 9.17) is 4.74 Å². The SMILES string of the molecule is c1cc2c(cc1CN1CCCCC1)CC1(CCC3CCCCN3CC1)O2. The van der Waals surface area contributed by atoms with Gasteiger partial charge in [0.1, 0.15) is 11.4 Å². The quantitative estimate of drug-likeness (QED) is 0.784. The average Bonchev–Trinajstić information content (AvgIpc) is 2.94. The van der Waals surface area contributed by atoms with E-state index in [2.05, 4.69) is 28.0 Å². The van der Waals surface area contributed by atoms with Crippen molar-refractivity contribution in [2.75, 3.05) is 26.2 Å². The lowest BCUT2D eigenvalue weighted by atomic mass is 9.88. The Balaban J connectivity index is 1.28. The van der Waals surface area contributed by atoms with E-state index in [1.54, 1.807) is 0 Å². The first-order valence-electron chi connectivity index (χ1n) is 11.1. The van der Waals surface area contributed by atoms with Crippen molar-refractivity contribution >= 4 is 0 Å². The van der Waals surface area contributed by atoms with Crippen molar-refractivity contribution in [3.63, 3.8) is 0 Å². The van der Waals surface area contributed by atoms with Gasteiger partial charge in [0.15, 0.2) is 0 Å². The van der Waals surface area contributed by atoms with E-state index in [9.17, 15) is 0 Å². The Morgan fingerprint density at radius 2 is 1.81 bits per heavy atom. The molecule has 1 spiro atoms. The van der Waals surface area contributed by atoms with Crippen molar-refractivity contribution in [1.82, 2.24) is 9.80 Å². The highest BCUT2D eigenvalue weighted by molar-refractivity contribution is 5.42. The molecule has 1 aromatic carbocycles. The third-order valence-electron chi connectivity index (χ3n) is 7.36. The molecule has 4 aliphatic rings. The summed E-state index contributed by atoms with van der Waals surface area (Å²) in [6, 6.07) is 7.86. The number of hydrogen-bond donors (Lipinski definition) is 0. The lowest BCUT2D eigenvalue weighted by Gasteiger charge is -2.33. The molecule has 0 radical (unpaired) electrons. The van der Waals surface area contributed by atoms with Gasteiger partial charge >= 0.3 is 0 Å². The molecule has 2 unspecified atom stereocenters. The van der Waals surface area contributed by atoms with E-state index in [-0.39, 0.29) is 5.60 Å². The zero-order valence-corrected chi connectivity index (χ0v) is 16.2. The van der Waals surface area contributed by atoms with E-state index in [1.165, 1.54) is 101 Å². The standard InChI is InChI=1S/C23H34N2O/c1-3-12-24(13-4-1)18-19-7-8-22-20(16-19)17-23(26-22)10-9-21-6-2-5-14-25(21)15-11-23/h7-8,16,21H,1-6,9-15,17-18H2. The van der Waals surface area contributed by atoms with E-state index in [0.29, 0.717) is 0 Å². The molecule has 3 nitrogen and oxygen atoms in total. The minimum absolute atomic E-state index is 0.0867. The summed E-state index contributed by atoms with van der Waals surface area (Å²) >= 11 is 0. The second-order valence-electron chi connectivity index (χ2n) is 9.21. The first kappa shape index (κ1) is 17.1. The van der Waals surface area contributed by atoms with Crippen LogP contribution in [-0.2, 0) is 13.0 Å². The van der Waals surface area contributed by atoms with Crippen LogP contribution >= 0.6 is 0 Å². The fourth-order valence-corrected chi connectivity index (χ4v) is 5.82. The number of ether oxygens (including phenoxy) is 1. The summed E-state index contributed by atoms with van der Waals surface area (Å²) in [6.07, 6.45) is 13.3. The smallest absolute Gasteiger partial charge is 0.123 e. The van der Waals surface area contributed by atoms with Crippen molar-refractivity contribution in [3.05, 3.63) is 29.3 Å². The van der Waals surface area contributed by atoms with Gasteiger partial charge in [-0.05, 0) is 75.4 Å². The van der Waals surface area contributed by atoms with Crippen LogP contribution in [0.4, 0.5) is 0 Å². The highest BCUT2D eigenvalue weighted by Crippen LogP contribution is 2.43. The topological polar surface area (TPSA) is 15.7 Å². The molecule has 0 bridgehead atoms. The maximum Gasteiger partial charge on any atom is 0.123 e. The average molecular weight is 355 g/mol. The second-order valence-corrected chi connectivity index (χ2v) is 9.21. The molecule has 0 saturated carbocycles. The summed E-state index contributed by atoms with van der Waals surface area (Å²) in [6.45, 7) is 6.21. The summed E-state index contributed by atoms with van der Waals surface area (Å²) in [5.41, 5.74) is 3.04. The summed E-state index contributed by atoms with van der Waals surface area (Å²) < 4.78 is 6.63. The van der Waals surface area contributed by atoms with Crippen LogP contribution in [0.5, 0.6) is 5.75 Å². The predicted octanol–water partition coefficient (Wildman–Crippen LogP) is 4.38. The lowest BCUT2D eigenvalue weighted by molar-refractivity contribution is 0.0768. The van der Waals surface area contributed by atoms with Gasteiger partial charge in [0.05, 0.1) is 0 Å². The van der Waals surface area contributed by atoms with Crippen LogP contribution in [0, 0.1) is 0 Å². The molecule has 0 N–H and O–H groups in total. The van der Waals surface area contributed by atoms with E-state index >= 15 is 0 Å². The van der Waals surface area contributed by atoms with Gasteiger partial charge in [0, 0.05) is 32.0 Å². The van der Waals surface area contributed by atoms with Crippen molar-refractivity contribution in [2.45, 2.75) is 82.4 Å². The Morgan fingerprint density at radius 1 is 0.923 bits per heavy atom. The van der Waals surface area contributed by atoms with Gasteiger partial charge in [-0.1, -0.05) is 25.0 Å².